The van der Waals surface area contributed by atoms with Gasteiger partial charge in [0.05, 0.1) is 18.4 Å². The average Bonchev–Trinajstić information content (AvgIpc) is 2.63. The Morgan fingerprint density at radius 1 is 1.67 bits per heavy atom. The standard InChI is InChI=1S/C8H12N4O4S2/c1-2-16-6(13)4-18(14,15)12-8-5(7(9)17)3-10-11-8/h3H,2,4H2,1H3,(H2,9,17)(H2,10,11,12). The van der Waals surface area contributed by atoms with E-state index in [1.54, 1.807) is 6.92 Å². The Labute approximate surface area is 109 Å². The van der Waals surface area contributed by atoms with Gasteiger partial charge in [-0.2, -0.15) is 5.10 Å². The Bertz CT molecular complexity index is 551. The number of thiocarbonyl (C=S) groups is 1. The Hall–Kier alpha value is -1.68. The van der Waals surface area contributed by atoms with Crippen LogP contribution in [0, 0.1) is 0 Å². The van der Waals surface area contributed by atoms with Gasteiger partial charge in [-0.15, -0.1) is 0 Å². The lowest BCUT2D eigenvalue weighted by atomic mass is 10.3. The smallest absolute Gasteiger partial charge is 0.323 e. The third-order valence-corrected chi connectivity index (χ3v) is 3.13. The third kappa shape index (κ3) is 3.96. The van der Waals surface area contributed by atoms with E-state index >= 15 is 0 Å². The maximum absolute atomic E-state index is 11.6. The SMILES string of the molecule is CCOC(=O)CS(=O)(=O)Nc1[nH]ncc1C(N)=S. The van der Waals surface area contributed by atoms with Crippen LogP contribution in [-0.4, -0.2) is 41.9 Å². The number of nitrogens with one attached hydrogen (secondary N) is 2. The molecule has 100 valence electrons. The topological polar surface area (TPSA) is 127 Å². The van der Waals surface area contributed by atoms with Crippen molar-refractivity contribution in [3.8, 4) is 0 Å². The van der Waals surface area contributed by atoms with Gasteiger partial charge in [0.1, 0.15) is 10.8 Å². The van der Waals surface area contributed by atoms with Gasteiger partial charge >= 0.3 is 5.97 Å². The second-order valence-corrected chi connectivity index (χ2v) is 5.35. The number of nitrogens with zero attached hydrogens (tertiary/aromatic N) is 1. The van der Waals surface area contributed by atoms with Crippen molar-refractivity contribution in [3.05, 3.63) is 11.8 Å². The van der Waals surface area contributed by atoms with Gasteiger partial charge in [0, 0.05) is 0 Å². The number of ether oxygens (including phenoxy) is 1. The van der Waals surface area contributed by atoms with E-state index in [-0.39, 0.29) is 23.0 Å². The Morgan fingerprint density at radius 2 is 2.33 bits per heavy atom. The van der Waals surface area contributed by atoms with Crippen molar-refractivity contribution >= 4 is 39.0 Å². The molecule has 0 aliphatic rings. The number of carbonyl (C=O) groups is 1. The number of esters is 1. The molecule has 0 radical (unpaired) electrons. The molecule has 4 N–H and O–H groups in total. The maximum atomic E-state index is 11.6. The van der Waals surface area contributed by atoms with E-state index in [4.69, 9.17) is 18.0 Å². The highest BCUT2D eigenvalue weighted by molar-refractivity contribution is 7.93. The van der Waals surface area contributed by atoms with Crippen molar-refractivity contribution in [1.29, 1.82) is 0 Å². The summed E-state index contributed by atoms with van der Waals surface area (Å²) in [5, 5.41) is 6.00. The van der Waals surface area contributed by atoms with Crippen molar-refractivity contribution in [2.45, 2.75) is 6.92 Å². The lowest BCUT2D eigenvalue weighted by molar-refractivity contribution is -0.139. The Morgan fingerprint density at radius 3 is 2.89 bits per heavy atom. The summed E-state index contributed by atoms with van der Waals surface area (Å²) in [7, 11) is -3.89. The molecule has 0 spiro atoms. The summed E-state index contributed by atoms with van der Waals surface area (Å²) in [5.74, 6) is -1.62. The molecule has 0 amide bonds. The summed E-state index contributed by atoms with van der Waals surface area (Å²) in [6, 6.07) is 0. The monoisotopic (exact) mass is 292 g/mol. The lowest BCUT2D eigenvalue weighted by Crippen LogP contribution is -2.25. The fourth-order valence-electron chi connectivity index (χ4n) is 1.10. The van der Waals surface area contributed by atoms with Crippen LogP contribution in [0.1, 0.15) is 12.5 Å². The number of rotatable bonds is 6. The zero-order valence-corrected chi connectivity index (χ0v) is 11.1. The number of aromatic nitrogens is 2. The van der Waals surface area contributed by atoms with Crippen molar-refractivity contribution in [3.63, 3.8) is 0 Å². The zero-order valence-electron chi connectivity index (χ0n) is 9.47. The van der Waals surface area contributed by atoms with Gasteiger partial charge in [-0.25, -0.2) is 8.42 Å². The first-order valence-electron chi connectivity index (χ1n) is 4.85. The van der Waals surface area contributed by atoms with Crippen molar-refractivity contribution in [2.75, 3.05) is 17.1 Å². The number of aromatic amines is 1. The largest absolute Gasteiger partial charge is 0.465 e. The number of carbonyl (C=O) groups excluding carboxylic acids is 1. The molecule has 18 heavy (non-hydrogen) atoms. The highest BCUT2D eigenvalue weighted by atomic mass is 32.2. The van der Waals surface area contributed by atoms with Crippen molar-refractivity contribution < 1.29 is 17.9 Å². The summed E-state index contributed by atoms with van der Waals surface area (Å²) in [6.45, 7) is 1.69. The molecule has 0 fully saturated rings. The van der Waals surface area contributed by atoms with E-state index in [9.17, 15) is 13.2 Å². The predicted octanol–water partition coefficient (Wildman–Crippen LogP) is -0.651. The van der Waals surface area contributed by atoms with Crippen LogP contribution in [-0.2, 0) is 19.6 Å². The molecule has 0 aliphatic heterocycles. The molecule has 1 heterocycles. The quantitative estimate of drug-likeness (QED) is 0.469. The van der Waals surface area contributed by atoms with Crippen LogP contribution in [0.4, 0.5) is 5.82 Å². The highest BCUT2D eigenvalue weighted by Crippen LogP contribution is 2.12. The second-order valence-electron chi connectivity index (χ2n) is 3.19. The highest BCUT2D eigenvalue weighted by Gasteiger charge is 2.20. The molecular formula is C8H12N4O4S2. The summed E-state index contributed by atoms with van der Waals surface area (Å²) in [6.07, 6.45) is 1.28. The minimum Gasteiger partial charge on any atom is -0.465 e. The van der Waals surface area contributed by atoms with Crippen LogP contribution in [0.3, 0.4) is 0 Å². The van der Waals surface area contributed by atoms with Gasteiger partial charge < -0.3 is 10.5 Å². The molecule has 1 aromatic rings. The van der Waals surface area contributed by atoms with E-state index in [1.807, 2.05) is 0 Å². The van der Waals surface area contributed by atoms with E-state index in [1.165, 1.54) is 6.20 Å². The summed E-state index contributed by atoms with van der Waals surface area (Å²) in [4.78, 5) is 11.1. The lowest BCUT2D eigenvalue weighted by Gasteiger charge is -2.07. The van der Waals surface area contributed by atoms with Gasteiger partial charge in [-0.1, -0.05) is 12.2 Å². The molecule has 1 rings (SSSR count). The van der Waals surface area contributed by atoms with Crippen LogP contribution in [0.2, 0.25) is 0 Å². The molecule has 0 unspecified atom stereocenters. The second kappa shape index (κ2) is 5.78. The first kappa shape index (κ1) is 14.4. The van der Waals surface area contributed by atoms with Gasteiger partial charge in [-0.3, -0.25) is 14.6 Å². The summed E-state index contributed by atoms with van der Waals surface area (Å²) in [5.41, 5.74) is 5.62. The van der Waals surface area contributed by atoms with Gasteiger partial charge in [0.25, 0.3) is 0 Å². The summed E-state index contributed by atoms with van der Waals surface area (Å²) < 4.78 is 29.9. The van der Waals surface area contributed by atoms with Crippen LogP contribution < -0.4 is 10.5 Å². The number of hydrogen-bond donors (Lipinski definition) is 3. The number of hydrogen-bond acceptors (Lipinski definition) is 6. The van der Waals surface area contributed by atoms with E-state index in [0.29, 0.717) is 0 Å². The average molecular weight is 292 g/mol. The fourth-order valence-corrected chi connectivity index (χ4v) is 2.19. The molecular weight excluding hydrogens is 280 g/mol. The third-order valence-electron chi connectivity index (χ3n) is 1.78. The molecule has 0 aromatic carbocycles. The molecule has 0 saturated carbocycles. The maximum Gasteiger partial charge on any atom is 0.323 e. The van der Waals surface area contributed by atoms with Crippen molar-refractivity contribution in [2.24, 2.45) is 5.73 Å². The van der Waals surface area contributed by atoms with Gasteiger partial charge in [-0.05, 0) is 6.92 Å². The fraction of sp³-hybridized carbons (Fsp3) is 0.375. The number of sulfonamides is 1. The first-order chi connectivity index (χ1) is 8.35. The zero-order chi connectivity index (χ0) is 13.8. The molecule has 10 heteroatoms. The molecule has 1 aromatic heterocycles. The predicted molar refractivity (Wildman–Crippen MR) is 68.5 cm³/mol. The van der Waals surface area contributed by atoms with Crippen LogP contribution >= 0.6 is 12.2 Å². The van der Waals surface area contributed by atoms with E-state index < -0.39 is 21.7 Å². The van der Waals surface area contributed by atoms with E-state index in [0.717, 1.165) is 0 Å². The van der Waals surface area contributed by atoms with Crippen molar-refractivity contribution in [1.82, 2.24) is 10.2 Å². The molecule has 0 bridgehead atoms. The first-order valence-corrected chi connectivity index (χ1v) is 6.91. The Balaban J connectivity index is 2.80. The minimum atomic E-state index is -3.89. The number of H-pyrrole nitrogens is 1. The Kier molecular flexibility index (Phi) is 4.62. The van der Waals surface area contributed by atoms with E-state index in [2.05, 4.69) is 19.7 Å². The molecule has 0 atom stereocenters. The molecule has 8 nitrogen and oxygen atoms in total. The molecule has 0 aliphatic carbocycles. The summed E-state index contributed by atoms with van der Waals surface area (Å²) >= 11 is 4.71. The normalized spacial score (nSPS) is 10.9. The molecule has 0 saturated heterocycles. The van der Waals surface area contributed by atoms with Gasteiger partial charge in [0.15, 0.2) is 5.75 Å². The number of anilines is 1. The minimum absolute atomic E-state index is 0.0161. The van der Waals surface area contributed by atoms with Crippen LogP contribution in [0.5, 0.6) is 0 Å². The number of nitrogens with two attached hydrogens (primary N) is 1. The van der Waals surface area contributed by atoms with Crippen LogP contribution in [0.25, 0.3) is 0 Å². The van der Waals surface area contributed by atoms with Crippen LogP contribution in [0.15, 0.2) is 6.20 Å². The van der Waals surface area contributed by atoms with Gasteiger partial charge in [0.2, 0.25) is 10.0 Å².